The Kier molecular flexibility index (Phi) is 7.91. The second-order valence-electron chi connectivity index (χ2n) is 7.75. The van der Waals surface area contributed by atoms with Gasteiger partial charge in [-0.25, -0.2) is 0 Å². The van der Waals surface area contributed by atoms with E-state index >= 15 is 0 Å². The van der Waals surface area contributed by atoms with Crippen LogP contribution in [0.25, 0.3) is 0 Å². The summed E-state index contributed by atoms with van der Waals surface area (Å²) in [5.74, 6) is -0.0703. The predicted octanol–water partition coefficient (Wildman–Crippen LogP) is 3.79. The topological polar surface area (TPSA) is 64.4 Å². The molecule has 1 aliphatic heterocycles. The van der Waals surface area contributed by atoms with Crippen molar-refractivity contribution in [3.05, 3.63) is 35.9 Å². The van der Waals surface area contributed by atoms with Crippen molar-refractivity contribution in [3.8, 4) is 0 Å². The van der Waals surface area contributed by atoms with E-state index in [9.17, 15) is 4.79 Å². The van der Waals surface area contributed by atoms with Crippen molar-refractivity contribution in [1.82, 2.24) is 5.32 Å². The molecule has 0 aromatic heterocycles. The monoisotopic (exact) mass is 346 g/mol. The molecule has 4 heteroatoms. The smallest absolute Gasteiger partial charge is 0.312 e. The zero-order chi connectivity index (χ0) is 18.1. The fourth-order valence-corrected chi connectivity index (χ4v) is 3.53. The first-order valence-electron chi connectivity index (χ1n) is 9.71. The number of benzene rings is 1. The van der Waals surface area contributed by atoms with Gasteiger partial charge in [-0.3, -0.25) is 4.79 Å². The quantitative estimate of drug-likeness (QED) is 0.814. The van der Waals surface area contributed by atoms with Crippen molar-refractivity contribution >= 4 is 5.97 Å². The summed E-state index contributed by atoms with van der Waals surface area (Å²) in [6.07, 6.45) is 7.26. The van der Waals surface area contributed by atoms with Crippen LogP contribution < -0.4 is 11.1 Å². The van der Waals surface area contributed by atoms with Crippen LogP contribution >= 0.6 is 0 Å². The SMILES string of the molecule is C[C@@H](N)C1CCC(C)(C(=O)OCc2ccccc2)CCCCCCN1. The van der Waals surface area contributed by atoms with E-state index < -0.39 is 5.41 Å². The first-order chi connectivity index (χ1) is 12.0. The summed E-state index contributed by atoms with van der Waals surface area (Å²) in [5.41, 5.74) is 6.75. The van der Waals surface area contributed by atoms with Crippen LogP contribution in [0.15, 0.2) is 30.3 Å². The first kappa shape index (κ1) is 19.9. The van der Waals surface area contributed by atoms with Crippen LogP contribution in [0.5, 0.6) is 0 Å². The number of esters is 1. The molecule has 0 spiro atoms. The Morgan fingerprint density at radius 1 is 1.24 bits per heavy atom. The van der Waals surface area contributed by atoms with Crippen LogP contribution in [0.3, 0.4) is 0 Å². The van der Waals surface area contributed by atoms with E-state index in [4.69, 9.17) is 10.5 Å². The molecule has 0 bridgehead atoms. The van der Waals surface area contributed by atoms with E-state index in [0.717, 1.165) is 37.8 Å². The van der Waals surface area contributed by atoms with Crippen molar-refractivity contribution in [2.75, 3.05) is 6.54 Å². The number of nitrogens with one attached hydrogen (secondary N) is 1. The molecule has 0 radical (unpaired) electrons. The maximum absolute atomic E-state index is 12.8. The van der Waals surface area contributed by atoms with Crippen molar-refractivity contribution in [2.45, 2.75) is 77.5 Å². The van der Waals surface area contributed by atoms with Crippen molar-refractivity contribution in [1.29, 1.82) is 0 Å². The number of nitrogens with two attached hydrogens (primary N) is 1. The molecule has 0 saturated carbocycles. The number of hydrogen-bond acceptors (Lipinski definition) is 4. The average Bonchev–Trinajstić information content (AvgIpc) is 2.65. The van der Waals surface area contributed by atoms with Gasteiger partial charge in [-0.05, 0) is 51.6 Å². The van der Waals surface area contributed by atoms with Gasteiger partial charge in [0.05, 0.1) is 5.41 Å². The van der Waals surface area contributed by atoms with Crippen LogP contribution in [0.4, 0.5) is 0 Å². The van der Waals surface area contributed by atoms with E-state index in [-0.39, 0.29) is 18.1 Å². The molecule has 1 aromatic rings. The van der Waals surface area contributed by atoms with Gasteiger partial charge in [0.15, 0.2) is 0 Å². The predicted molar refractivity (Wildman–Crippen MR) is 102 cm³/mol. The standard InChI is InChI=1S/C21H34N2O2/c1-17(22)19-12-14-21(2,13-8-3-4-9-15-23-19)20(24)25-16-18-10-6-5-7-11-18/h5-7,10-11,17,19,23H,3-4,8-9,12-16,22H2,1-2H3/t17-,19?,21?/m1/s1. The fourth-order valence-electron chi connectivity index (χ4n) is 3.53. The molecular weight excluding hydrogens is 312 g/mol. The summed E-state index contributed by atoms with van der Waals surface area (Å²) in [6, 6.07) is 10.2. The molecule has 0 amide bonds. The second-order valence-corrected chi connectivity index (χ2v) is 7.75. The lowest BCUT2D eigenvalue weighted by Crippen LogP contribution is -2.44. The highest BCUT2D eigenvalue weighted by molar-refractivity contribution is 5.76. The number of carbonyl (C=O) groups excluding carboxylic acids is 1. The van der Waals surface area contributed by atoms with Gasteiger partial charge in [-0.15, -0.1) is 0 Å². The van der Waals surface area contributed by atoms with Gasteiger partial charge in [-0.1, -0.05) is 49.6 Å². The molecule has 3 N–H and O–H groups in total. The van der Waals surface area contributed by atoms with Gasteiger partial charge < -0.3 is 15.8 Å². The summed E-state index contributed by atoms with van der Waals surface area (Å²) < 4.78 is 5.68. The minimum absolute atomic E-state index is 0.0703. The maximum atomic E-state index is 12.8. The highest BCUT2D eigenvalue weighted by Gasteiger charge is 2.35. The minimum Gasteiger partial charge on any atom is -0.460 e. The van der Waals surface area contributed by atoms with Crippen LogP contribution in [0.1, 0.15) is 64.4 Å². The Labute approximate surface area is 152 Å². The largest absolute Gasteiger partial charge is 0.460 e. The van der Waals surface area contributed by atoms with E-state index in [1.54, 1.807) is 0 Å². The third-order valence-electron chi connectivity index (χ3n) is 5.41. The minimum atomic E-state index is -0.423. The summed E-state index contributed by atoms with van der Waals surface area (Å²) in [6.45, 7) is 5.48. The third kappa shape index (κ3) is 6.44. The highest BCUT2D eigenvalue weighted by Crippen LogP contribution is 2.33. The Morgan fingerprint density at radius 2 is 1.96 bits per heavy atom. The summed E-state index contributed by atoms with van der Waals surface area (Å²) in [4.78, 5) is 12.8. The zero-order valence-corrected chi connectivity index (χ0v) is 15.8. The average molecular weight is 347 g/mol. The van der Waals surface area contributed by atoms with E-state index in [2.05, 4.69) is 12.2 Å². The molecule has 1 saturated heterocycles. The molecule has 0 aliphatic carbocycles. The molecule has 1 fully saturated rings. The molecule has 3 atom stereocenters. The lowest BCUT2D eigenvalue weighted by atomic mass is 9.79. The normalized spacial score (nSPS) is 27.1. The van der Waals surface area contributed by atoms with Crippen molar-refractivity contribution in [3.63, 3.8) is 0 Å². The molecule has 4 nitrogen and oxygen atoms in total. The van der Waals surface area contributed by atoms with Gasteiger partial charge in [-0.2, -0.15) is 0 Å². The summed E-state index contributed by atoms with van der Waals surface area (Å²) in [7, 11) is 0. The van der Waals surface area contributed by atoms with Crippen molar-refractivity contribution < 1.29 is 9.53 Å². The molecule has 1 aliphatic rings. The molecule has 1 heterocycles. The Hall–Kier alpha value is -1.39. The Morgan fingerprint density at radius 3 is 2.68 bits per heavy atom. The van der Waals surface area contributed by atoms with Gasteiger partial charge in [0, 0.05) is 12.1 Å². The second kappa shape index (κ2) is 9.93. The van der Waals surface area contributed by atoms with E-state index in [1.807, 2.05) is 37.3 Å². The molecule has 2 rings (SSSR count). The van der Waals surface area contributed by atoms with Crippen LogP contribution in [0.2, 0.25) is 0 Å². The summed E-state index contributed by atoms with van der Waals surface area (Å²) >= 11 is 0. The lowest BCUT2D eigenvalue weighted by molar-refractivity contribution is -0.157. The van der Waals surface area contributed by atoms with Crippen LogP contribution in [0, 0.1) is 5.41 Å². The van der Waals surface area contributed by atoms with Gasteiger partial charge in [0.25, 0.3) is 0 Å². The molecular formula is C21H34N2O2. The van der Waals surface area contributed by atoms with Gasteiger partial charge >= 0.3 is 5.97 Å². The molecule has 1 aromatic carbocycles. The lowest BCUT2D eigenvalue weighted by Gasteiger charge is -2.30. The molecule has 140 valence electrons. The maximum Gasteiger partial charge on any atom is 0.312 e. The van der Waals surface area contributed by atoms with E-state index in [0.29, 0.717) is 6.61 Å². The Balaban J connectivity index is 2.00. The highest BCUT2D eigenvalue weighted by atomic mass is 16.5. The number of ether oxygens (including phenoxy) is 1. The third-order valence-corrected chi connectivity index (χ3v) is 5.41. The molecule has 2 unspecified atom stereocenters. The number of hydrogen-bond donors (Lipinski definition) is 2. The number of rotatable bonds is 4. The van der Waals surface area contributed by atoms with Crippen LogP contribution in [-0.2, 0) is 16.1 Å². The van der Waals surface area contributed by atoms with Crippen molar-refractivity contribution in [2.24, 2.45) is 11.1 Å². The zero-order valence-electron chi connectivity index (χ0n) is 15.8. The number of carbonyl (C=O) groups is 1. The fraction of sp³-hybridized carbons (Fsp3) is 0.667. The van der Waals surface area contributed by atoms with Gasteiger partial charge in [0.2, 0.25) is 0 Å². The Bertz CT molecular complexity index is 518. The van der Waals surface area contributed by atoms with Crippen LogP contribution in [-0.4, -0.2) is 24.6 Å². The van der Waals surface area contributed by atoms with Gasteiger partial charge in [0.1, 0.15) is 6.61 Å². The molecule has 25 heavy (non-hydrogen) atoms. The van der Waals surface area contributed by atoms with E-state index in [1.165, 1.54) is 19.3 Å². The first-order valence-corrected chi connectivity index (χ1v) is 9.71. The summed E-state index contributed by atoms with van der Waals surface area (Å²) in [5, 5.41) is 3.57.